The van der Waals surface area contributed by atoms with Gasteiger partial charge in [0.05, 0.1) is 10.9 Å². The van der Waals surface area contributed by atoms with Crippen molar-refractivity contribution < 1.29 is 48.7 Å². The first-order chi connectivity index (χ1) is 18.2. The highest BCUT2D eigenvalue weighted by molar-refractivity contribution is 9.10. The second-order valence-electron chi connectivity index (χ2n) is 10.9. The number of sulfone groups is 1. The fraction of sp³-hybridized carbons (Fsp3) is 0.500. The molecule has 0 radical (unpaired) electrons. The number of rotatable bonds is 3. The molecule has 1 aliphatic heterocycles. The normalized spacial score (nSPS) is 22.1. The topological polar surface area (TPSA) is 63.7 Å². The predicted octanol–water partition coefficient (Wildman–Crippen LogP) is 7.36. The summed E-state index contributed by atoms with van der Waals surface area (Å²) in [5.74, 6) is 0. The number of fused-ring (bicyclic) bond motifs is 3. The summed E-state index contributed by atoms with van der Waals surface area (Å²) in [6.45, 7) is 4.76. The first kappa shape index (κ1) is 30.6. The zero-order valence-electron chi connectivity index (χ0n) is 21.5. The van der Waals surface area contributed by atoms with Gasteiger partial charge in [-0.3, -0.25) is 0 Å². The average molecular weight is 660 g/mol. The second-order valence-corrected chi connectivity index (χ2v) is 14.0. The molecule has 0 aromatic heterocycles. The van der Waals surface area contributed by atoms with Crippen molar-refractivity contribution >= 4 is 31.9 Å². The Morgan fingerprint density at radius 2 is 1.55 bits per heavy atom. The lowest BCUT2D eigenvalue weighted by Gasteiger charge is -2.43. The highest BCUT2D eigenvalue weighted by Gasteiger charge is 2.74. The van der Waals surface area contributed by atoms with Crippen molar-refractivity contribution in [2.45, 2.75) is 79.3 Å². The first-order valence-corrected chi connectivity index (χ1v) is 14.4. The average Bonchev–Trinajstić information content (AvgIpc) is 3.23. The van der Waals surface area contributed by atoms with Gasteiger partial charge in [-0.15, -0.1) is 0 Å². The SMILES string of the molecule is CC(C)(C)OC(=O)N1CCC2(S(=O)(=O)c3ccc(Br)cc3)c3ccc(C(F)(C(F)(F)F)C(F)(F)F)cc3CCC12. The molecule has 1 amide bonds. The summed E-state index contributed by atoms with van der Waals surface area (Å²) in [5, 5.41) is 0. The number of carbonyl (C=O) groups is 1. The van der Waals surface area contributed by atoms with Crippen LogP contribution in [0.25, 0.3) is 0 Å². The molecule has 1 heterocycles. The number of aryl methyl sites for hydroxylation is 1. The van der Waals surface area contributed by atoms with E-state index in [4.69, 9.17) is 4.74 Å². The van der Waals surface area contributed by atoms with Crippen molar-refractivity contribution in [3.8, 4) is 0 Å². The van der Waals surface area contributed by atoms with E-state index in [-0.39, 0.29) is 41.8 Å². The molecule has 2 aromatic rings. The molecule has 0 spiro atoms. The minimum absolute atomic E-state index is 0.0758. The monoisotopic (exact) mass is 659 g/mol. The molecular weight excluding hydrogens is 635 g/mol. The molecule has 5 nitrogen and oxygen atoms in total. The molecule has 220 valence electrons. The van der Waals surface area contributed by atoms with Gasteiger partial charge >= 0.3 is 24.1 Å². The van der Waals surface area contributed by atoms with Gasteiger partial charge in [-0.25, -0.2) is 17.6 Å². The number of nitrogens with zero attached hydrogens (tertiary/aromatic N) is 1. The highest BCUT2D eigenvalue weighted by atomic mass is 79.9. The van der Waals surface area contributed by atoms with E-state index in [9.17, 15) is 43.9 Å². The van der Waals surface area contributed by atoms with Crippen LogP contribution in [0.15, 0.2) is 51.8 Å². The Kier molecular flexibility index (Phi) is 7.35. The summed E-state index contributed by atoms with van der Waals surface area (Å²) in [4.78, 5) is 14.2. The largest absolute Gasteiger partial charge is 0.444 e. The Morgan fingerprint density at radius 3 is 2.08 bits per heavy atom. The molecule has 2 atom stereocenters. The molecule has 1 saturated heterocycles. The quantitative estimate of drug-likeness (QED) is 0.323. The van der Waals surface area contributed by atoms with Gasteiger partial charge in [-0.2, -0.15) is 26.3 Å². The van der Waals surface area contributed by atoms with E-state index in [1.165, 1.54) is 29.2 Å². The van der Waals surface area contributed by atoms with Crippen molar-refractivity contribution in [3.05, 3.63) is 63.6 Å². The summed E-state index contributed by atoms with van der Waals surface area (Å²) in [5.41, 5.74) is -8.53. The summed E-state index contributed by atoms with van der Waals surface area (Å²) in [6.07, 6.45) is -14.0. The van der Waals surface area contributed by atoms with Crippen LogP contribution < -0.4 is 0 Å². The van der Waals surface area contributed by atoms with Crippen LogP contribution in [0.1, 0.15) is 50.3 Å². The van der Waals surface area contributed by atoms with Gasteiger partial charge in [-0.05, 0) is 75.4 Å². The maximum atomic E-state index is 14.9. The number of halogens is 8. The van der Waals surface area contributed by atoms with Gasteiger partial charge in [0, 0.05) is 16.6 Å². The standard InChI is InChI=1S/C26H25BrF7NO4S/c1-22(2,3)39-21(36)35-13-12-23(40(37,38)18-8-6-17(27)7-9-18)19-10-5-16(14-15(19)4-11-20(23)35)24(28,25(29,30)31)26(32,33)34/h5-10,14,20H,4,11-13H2,1-3H3. The van der Waals surface area contributed by atoms with E-state index in [0.29, 0.717) is 16.6 Å². The zero-order valence-corrected chi connectivity index (χ0v) is 23.9. The Balaban J connectivity index is 1.94. The Labute approximate surface area is 234 Å². The molecule has 2 aliphatic rings. The second kappa shape index (κ2) is 9.60. The minimum Gasteiger partial charge on any atom is -0.444 e. The Bertz CT molecular complexity index is 1400. The number of likely N-dealkylation sites (tertiary alicyclic amines) is 1. The van der Waals surface area contributed by atoms with Gasteiger partial charge in [-0.1, -0.05) is 34.1 Å². The fourth-order valence-corrected chi connectivity index (χ4v) is 8.22. The molecule has 1 aliphatic carbocycles. The van der Waals surface area contributed by atoms with E-state index in [1.54, 1.807) is 20.8 Å². The predicted molar refractivity (Wildman–Crippen MR) is 134 cm³/mol. The molecule has 0 saturated carbocycles. The number of alkyl halides is 7. The van der Waals surface area contributed by atoms with Gasteiger partial charge in [0.15, 0.2) is 9.84 Å². The summed E-state index contributed by atoms with van der Waals surface area (Å²) in [6, 6.07) is 6.10. The van der Waals surface area contributed by atoms with Gasteiger partial charge < -0.3 is 9.64 Å². The van der Waals surface area contributed by atoms with E-state index in [1.807, 2.05) is 0 Å². The van der Waals surface area contributed by atoms with Crippen molar-refractivity contribution in [1.29, 1.82) is 0 Å². The maximum absolute atomic E-state index is 14.9. The lowest BCUT2D eigenvalue weighted by atomic mass is 9.77. The Hall–Kier alpha value is -2.35. The molecule has 2 aromatic carbocycles. The number of amides is 1. The fourth-order valence-electron chi connectivity index (χ4n) is 5.59. The van der Waals surface area contributed by atoms with E-state index in [0.717, 1.165) is 6.07 Å². The molecule has 0 N–H and O–H groups in total. The van der Waals surface area contributed by atoms with Crippen LogP contribution in [0.5, 0.6) is 0 Å². The lowest BCUT2D eigenvalue weighted by Crippen LogP contribution is -2.53. The third-order valence-corrected chi connectivity index (χ3v) is 10.4. The number of hydrogen-bond donors (Lipinski definition) is 0. The van der Waals surface area contributed by atoms with Crippen molar-refractivity contribution in [2.75, 3.05) is 6.54 Å². The summed E-state index contributed by atoms with van der Waals surface area (Å²) in [7, 11) is -4.41. The third kappa shape index (κ3) is 4.68. The number of ether oxygens (including phenoxy) is 1. The summed E-state index contributed by atoms with van der Waals surface area (Å²) >= 11 is 3.22. The van der Waals surface area contributed by atoms with Crippen LogP contribution >= 0.6 is 15.9 Å². The lowest BCUT2D eigenvalue weighted by molar-refractivity contribution is -0.348. The molecule has 14 heteroatoms. The van der Waals surface area contributed by atoms with Crippen LogP contribution in [0.3, 0.4) is 0 Å². The minimum atomic E-state index is -6.32. The van der Waals surface area contributed by atoms with Crippen LogP contribution in [0, 0.1) is 0 Å². The van der Waals surface area contributed by atoms with Crippen LogP contribution in [0.2, 0.25) is 0 Å². The third-order valence-electron chi connectivity index (χ3n) is 7.30. The first-order valence-electron chi connectivity index (χ1n) is 12.1. The van der Waals surface area contributed by atoms with E-state index in [2.05, 4.69) is 15.9 Å². The van der Waals surface area contributed by atoms with Gasteiger partial charge in [0.25, 0.3) is 0 Å². The Morgan fingerprint density at radius 1 is 0.975 bits per heavy atom. The molecule has 4 rings (SSSR count). The molecule has 2 unspecified atom stereocenters. The van der Waals surface area contributed by atoms with Crippen LogP contribution in [-0.4, -0.2) is 50.0 Å². The number of hydrogen-bond acceptors (Lipinski definition) is 4. The van der Waals surface area contributed by atoms with Crippen molar-refractivity contribution in [3.63, 3.8) is 0 Å². The van der Waals surface area contributed by atoms with Gasteiger partial charge in [0.1, 0.15) is 10.3 Å². The molecule has 1 fully saturated rings. The van der Waals surface area contributed by atoms with Crippen molar-refractivity contribution in [2.24, 2.45) is 0 Å². The maximum Gasteiger partial charge on any atom is 0.435 e. The number of carbonyl (C=O) groups excluding carboxylic acids is 1. The van der Waals surface area contributed by atoms with E-state index >= 15 is 0 Å². The van der Waals surface area contributed by atoms with Crippen LogP contribution in [0.4, 0.5) is 35.5 Å². The zero-order chi connectivity index (χ0) is 30.1. The molecule has 0 bridgehead atoms. The van der Waals surface area contributed by atoms with Gasteiger partial charge in [0.2, 0.25) is 0 Å². The highest BCUT2D eigenvalue weighted by Crippen LogP contribution is 2.56. The van der Waals surface area contributed by atoms with Crippen LogP contribution in [-0.2, 0) is 31.4 Å². The van der Waals surface area contributed by atoms with Crippen molar-refractivity contribution in [1.82, 2.24) is 4.90 Å². The number of benzene rings is 2. The van der Waals surface area contributed by atoms with E-state index < -0.39 is 55.9 Å². The summed E-state index contributed by atoms with van der Waals surface area (Å²) < 4.78 is 128. The molecular formula is C26H25BrF7NO4S. The smallest absolute Gasteiger partial charge is 0.435 e. The molecule has 40 heavy (non-hydrogen) atoms.